The van der Waals surface area contributed by atoms with Crippen molar-refractivity contribution in [3.05, 3.63) is 21.9 Å². The van der Waals surface area contributed by atoms with Crippen LogP contribution in [0.3, 0.4) is 0 Å². The molecule has 2 atom stereocenters. The Bertz CT molecular complexity index is 498. The molecule has 5 nitrogen and oxygen atoms in total. The molecule has 0 saturated heterocycles. The van der Waals surface area contributed by atoms with E-state index in [1.54, 1.807) is 25.2 Å². The topological polar surface area (TPSA) is 78.4 Å². The monoisotopic (exact) mass is 296 g/mol. The number of carbonyl (C=O) groups is 2. The summed E-state index contributed by atoms with van der Waals surface area (Å²) in [7, 11) is 0. The Balaban J connectivity index is 1.98. The van der Waals surface area contributed by atoms with Gasteiger partial charge in [0.2, 0.25) is 0 Å². The molecule has 3 N–H and O–H groups in total. The van der Waals surface area contributed by atoms with Crippen molar-refractivity contribution < 1.29 is 14.7 Å². The number of urea groups is 1. The van der Waals surface area contributed by atoms with Gasteiger partial charge in [-0.25, -0.2) is 9.59 Å². The van der Waals surface area contributed by atoms with Crippen LogP contribution in [-0.4, -0.2) is 23.1 Å². The second-order valence-corrected chi connectivity index (χ2v) is 6.42. The van der Waals surface area contributed by atoms with Gasteiger partial charge in [0, 0.05) is 4.88 Å². The highest BCUT2D eigenvalue weighted by molar-refractivity contribution is 7.10. The number of hydrogen-bond donors (Lipinski definition) is 3. The minimum absolute atomic E-state index is 0.00777. The van der Waals surface area contributed by atoms with E-state index in [9.17, 15) is 9.59 Å². The summed E-state index contributed by atoms with van der Waals surface area (Å²) in [5.74, 6) is -1.16. The molecule has 6 heteroatoms. The van der Waals surface area contributed by atoms with Crippen LogP contribution in [0.4, 0.5) is 4.79 Å². The predicted molar refractivity (Wildman–Crippen MR) is 77.9 cm³/mol. The number of rotatable bonds is 4. The minimum Gasteiger partial charge on any atom is -0.480 e. The van der Waals surface area contributed by atoms with Gasteiger partial charge in [-0.05, 0) is 42.2 Å². The number of carboxylic acids is 1. The van der Waals surface area contributed by atoms with Crippen molar-refractivity contribution in [2.45, 2.75) is 45.2 Å². The van der Waals surface area contributed by atoms with Crippen molar-refractivity contribution in [3.8, 4) is 0 Å². The van der Waals surface area contributed by atoms with E-state index in [2.05, 4.69) is 10.6 Å². The molecule has 1 aliphatic rings. The number of aryl methyl sites for hydroxylation is 1. The van der Waals surface area contributed by atoms with Gasteiger partial charge in [-0.3, -0.25) is 0 Å². The molecular weight excluding hydrogens is 276 g/mol. The zero-order valence-corrected chi connectivity index (χ0v) is 12.5. The smallest absolute Gasteiger partial charge is 0.326 e. The second-order valence-electron chi connectivity index (χ2n) is 5.42. The summed E-state index contributed by atoms with van der Waals surface area (Å²) < 4.78 is 0. The van der Waals surface area contributed by atoms with Crippen LogP contribution in [0.1, 0.15) is 43.2 Å². The van der Waals surface area contributed by atoms with Crippen LogP contribution in [0.15, 0.2) is 11.4 Å². The van der Waals surface area contributed by atoms with E-state index in [-0.39, 0.29) is 12.0 Å². The van der Waals surface area contributed by atoms with Crippen LogP contribution in [0.2, 0.25) is 0 Å². The molecule has 0 bridgehead atoms. The first kappa shape index (κ1) is 14.8. The van der Waals surface area contributed by atoms with Crippen molar-refractivity contribution in [1.82, 2.24) is 10.6 Å². The Labute approximate surface area is 122 Å². The number of nitrogens with one attached hydrogen (secondary N) is 2. The summed E-state index contributed by atoms with van der Waals surface area (Å²) in [5.41, 5.74) is 1.17. The Morgan fingerprint density at radius 2 is 2.20 bits per heavy atom. The maximum atomic E-state index is 12.0. The van der Waals surface area contributed by atoms with Crippen molar-refractivity contribution in [3.63, 3.8) is 0 Å². The lowest BCUT2D eigenvalue weighted by atomic mass is 9.94. The highest BCUT2D eigenvalue weighted by Gasteiger charge is 2.26. The van der Waals surface area contributed by atoms with E-state index in [0.29, 0.717) is 0 Å². The van der Waals surface area contributed by atoms with Crippen molar-refractivity contribution in [2.24, 2.45) is 5.92 Å². The Hall–Kier alpha value is -1.56. The fourth-order valence-corrected chi connectivity index (χ4v) is 3.48. The first-order valence-electron chi connectivity index (χ1n) is 6.85. The number of aliphatic carboxylic acids is 1. The fourth-order valence-electron chi connectivity index (χ4n) is 2.49. The van der Waals surface area contributed by atoms with Crippen LogP contribution in [0.5, 0.6) is 0 Å². The third-order valence-corrected chi connectivity index (χ3v) is 4.57. The van der Waals surface area contributed by atoms with Crippen molar-refractivity contribution in [2.75, 3.05) is 0 Å². The number of hydrogen-bond acceptors (Lipinski definition) is 3. The highest BCUT2D eigenvalue weighted by Crippen LogP contribution is 2.33. The number of fused-ring (bicyclic) bond motifs is 1. The van der Waals surface area contributed by atoms with E-state index < -0.39 is 18.0 Å². The van der Waals surface area contributed by atoms with Crippen LogP contribution in [0.25, 0.3) is 0 Å². The molecule has 2 unspecified atom stereocenters. The van der Waals surface area contributed by atoms with E-state index in [1.807, 2.05) is 11.4 Å². The summed E-state index contributed by atoms with van der Waals surface area (Å²) in [6.07, 6.45) is 3.01. The minimum atomic E-state index is -1.00. The lowest BCUT2D eigenvalue weighted by Gasteiger charge is -2.25. The van der Waals surface area contributed by atoms with Crippen LogP contribution < -0.4 is 10.6 Å². The van der Waals surface area contributed by atoms with E-state index in [1.165, 1.54) is 10.4 Å². The van der Waals surface area contributed by atoms with Gasteiger partial charge in [0.05, 0.1) is 6.04 Å². The molecule has 0 aromatic carbocycles. The molecule has 0 spiro atoms. The van der Waals surface area contributed by atoms with Gasteiger partial charge in [0.1, 0.15) is 6.04 Å². The molecule has 2 rings (SSSR count). The van der Waals surface area contributed by atoms with Gasteiger partial charge in [0.25, 0.3) is 0 Å². The Kier molecular flexibility index (Phi) is 4.65. The van der Waals surface area contributed by atoms with Gasteiger partial charge in [-0.15, -0.1) is 11.3 Å². The molecule has 0 radical (unpaired) electrons. The first-order chi connectivity index (χ1) is 9.49. The van der Waals surface area contributed by atoms with Gasteiger partial charge >= 0.3 is 12.0 Å². The number of carbonyl (C=O) groups excluding carboxylic acids is 1. The molecule has 110 valence electrons. The van der Waals surface area contributed by atoms with Gasteiger partial charge in [-0.2, -0.15) is 0 Å². The van der Waals surface area contributed by atoms with Crippen molar-refractivity contribution in [1.29, 1.82) is 0 Å². The third kappa shape index (κ3) is 3.30. The largest absolute Gasteiger partial charge is 0.480 e. The van der Waals surface area contributed by atoms with E-state index in [0.717, 1.165) is 19.3 Å². The molecule has 1 aliphatic carbocycles. The summed E-state index contributed by atoms with van der Waals surface area (Å²) in [6.45, 7) is 3.55. The molecule has 0 fully saturated rings. The maximum Gasteiger partial charge on any atom is 0.326 e. The van der Waals surface area contributed by atoms with Crippen LogP contribution >= 0.6 is 11.3 Å². The second kappa shape index (κ2) is 6.26. The summed E-state index contributed by atoms with van der Waals surface area (Å²) in [6, 6.07) is 0.767. The first-order valence-corrected chi connectivity index (χ1v) is 7.73. The number of carboxylic acid groups (broad SMARTS) is 1. The average Bonchev–Trinajstić information content (AvgIpc) is 2.84. The Morgan fingerprint density at radius 1 is 1.45 bits per heavy atom. The lowest BCUT2D eigenvalue weighted by Crippen LogP contribution is -2.49. The zero-order chi connectivity index (χ0) is 14.7. The van der Waals surface area contributed by atoms with E-state index in [4.69, 9.17) is 5.11 Å². The molecule has 20 heavy (non-hydrogen) atoms. The third-order valence-electron chi connectivity index (χ3n) is 3.58. The molecular formula is C14H20N2O3S. The summed E-state index contributed by atoms with van der Waals surface area (Å²) in [5, 5.41) is 16.6. The SMILES string of the molecule is CC(C)C(NC(=O)NC1CCCc2sccc21)C(=O)O. The maximum absolute atomic E-state index is 12.0. The van der Waals surface area contributed by atoms with Crippen molar-refractivity contribution >= 4 is 23.3 Å². The zero-order valence-electron chi connectivity index (χ0n) is 11.7. The molecule has 0 saturated carbocycles. The van der Waals surface area contributed by atoms with Gasteiger partial charge in [0.15, 0.2) is 0 Å². The highest BCUT2D eigenvalue weighted by atomic mass is 32.1. The van der Waals surface area contributed by atoms with E-state index >= 15 is 0 Å². The normalized spacial score (nSPS) is 19.2. The predicted octanol–water partition coefficient (Wildman–Crippen LogP) is 2.53. The molecule has 1 heterocycles. The summed E-state index contributed by atoms with van der Waals surface area (Å²) in [4.78, 5) is 24.4. The molecule has 0 aliphatic heterocycles. The molecule has 1 aromatic rings. The van der Waals surface area contributed by atoms with Gasteiger partial charge in [-0.1, -0.05) is 13.8 Å². The van der Waals surface area contributed by atoms with Crippen LogP contribution in [0, 0.1) is 5.92 Å². The quantitative estimate of drug-likeness (QED) is 0.799. The lowest BCUT2D eigenvalue weighted by molar-refractivity contribution is -0.140. The Morgan fingerprint density at radius 3 is 2.85 bits per heavy atom. The number of thiophene rings is 1. The molecule has 1 aromatic heterocycles. The number of amides is 2. The standard InChI is InChI=1S/C14H20N2O3S/c1-8(2)12(13(17)18)16-14(19)15-10-4-3-5-11-9(10)6-7-20-11/h6-8,10,12H,3-5H2,1-2H3,(H,17,18)(H2,15,16,19). The fraction of sp³-hybridized carbons (Fsp3) is 0.571. The average molecular weight is 296 g/mol. The molecule has 2 amide bonds. The van der Waals surface area contributed by atoms with Crippen LogP contribution in [-0.2, 0) is 11.2 Å². The summed E-state index contributed by atoms with van der Waals surface area (Å²) >= 11 is 1.71. The van der Waals surface area contributed by atoms with Gasteiger partial charge < -0.3 is 15.7 Å².